The Morgan fingerprint density at radius 1 is 1.45 bits per heavy atom. The minimum atomic E-state index is -3.53. The molecular formula is C13H20N2O3S2. The van der Waals surface area contributed by atoms with E-state index in [4.69, 9.17) is 22.7 Å². The van der Waals surface area contributed by atoms with Crippen molar-refractivity contribution in [3.8, 4) is 0 Å². The van der Waals surface area contributed by atoms with E-state index in [1.165, 1.54) is 4.31 Å². The van der Waals surface area contributed by atoms with Crippen LogP contribution in [0.5, 0.6) is 0 Å². The Kier molecular flexibility index (Phi) is 6.07. The molecule has 0 aliphatic rings. The van der Waals surface area contributed by atoms with Gasteiger partial charge < -0.3 is 10.5 Å². The number of hydrogen-bond donors (Lipinski definition) is 1. The normalized spacial score (nSPS) is 11.8. The lowest BCUT2D eigenvalue weighted by atomic mass is 10.1. The molecule has 0 aliphatic heterocycles. The van der Waals surface area contributed by atoms with Crippen molar-refractivity contribution in [3.05, 3.63) is 29.3 Å². The van der Waals surface area contributed by atoms with Gasteiger partial charge in [-0.3, -0.25) is 0 Å². The highest BCUT2D eigenvalue weighted by Crippen LogP contribution is 2.21. The minimum Gasteiger partial charge on any atom is -0.389 e. The van der Waals surface area contributed by atoms with Gasteiger partial charge in [0.25, 0.3) is 0 Å². The van der Waals surface area contributed by atoms with Gasteiger partial charge >= 0.3 is 0 Å². The summed E-state index contributed by atoms with van der Waals surface area (Å²) in [5.41, 5.74) is 6.84. The second kappa shape index (κ2) is 7.12. The molecular weight excluding hydrogens is 296 g/mol. The first-order chi connectivity index (χ1) is 9.34. The SMILES string of the molecule is CCN(CCOC)S(=O)(=O)c1ccc(C(N)=S)cc1C. The van der Waals surface area contributed by atoms with Crippen molar-refractivity contribution in [1.82, 2.24) is 4.31 Å². The van der Waals surface area contributed by atoms with Gasteiger partial charge in [-0.2, -0.15) is 4.31 Å². The standard InChI is InChI=1S/C13H20N2O3S2/c1-4-15(7-8-18-3)20(16,17)12-6-5-11(13(14)19)9-10(12)2/h5-6,9H,4,7-8H2,1-3H3,(H2,14,19). The van der Waals surface area contributed by atoms with E-state index in [1.54, 1.807) is 39.2 Å². The van der Waals surface area contributed by atoms with Crippen molar-refractivity contribution in [1.29, 1.82) is 0 Å². The van der Waals surface area contributed by atoms with Crippen LogP contribution in [0.4, 0.5) is 0 Å². The number of sulfonamides is 1. The fourth-order valence-electron chi connectivity index (χ4n) is 1.87. The number of rotatable bonds is 7. The highest BCUT2D eigenvalue weighted by atomic mass is 32.2. The van der Waals surface area contributed by atoms with Crippen LogP contribution >= 0.6 is 12.2 Å². The molecule has 112 valence electrons. The van der Waals surface area contributed by atoms with E-state index < -0.39 is 10.0 Å². The molecule has 0 radical (unpaired) electrons. The number of benzene rings is 1. The van der Waals surface area contributed by atoms with E-state index >= 15 is 0 Å². The van der Waals surface area contributed by atoms with Gasteiger partial charge in [-0.15, -0.1) is 0 Å². The lowest BCUT2D eigenvalue weighted by Crippen LogP contribution is -2.34. The number of methoxy groups -OCH3 is 1. The topological polar surface area (TPSA) is 72.6 Å². The molecule has 0 aliphatic carbocycles. The molecule has 0 bridgehead atoms. The van der Waals surface area contributed by atoms with Crippen molar-refractivity contribution in [2.24, 2.45) is 5.73 Å². The highest BCUT2D eigenvalue weighted by Gasteiger charge is 2.24. The van der Waals surface area contributed by atoms with Gasteiger partial charge in [0.15, 0.2) is 0 Å². The van der Waals surface area contributed by atoms with Crippen LogP contribution in [0, 0.1) is 6.92 Å². The maximum Gasteiger partial charge on any atom is 0.243 e. The van der Waals surface area contributed by atoms with Gasteiger partial charge in [0.05, 0.1) is 11.5 Å². The molecule has 0 atom stereocenters. The molecule has 1 aromatic carbocycles. The molecule has 2 N–H and O–H groups in total. The summed E-state index contributed by atoms with van der Waals surface area (Å²) in [5, 5.41) is 0. The Morgan fingerprint density at radius 2 is 2.10 bits per heavy atom. The molecule has 0 amide bonds. The Morgan fingerprint density at radius 3 is 2.55 bits per heavy atom. The van der Waals surface area contributed by atoms with Crippen molar-refractivity contribution < 1.29 is 13.2 Å². The van der Waals surface area contributed by atoms with E-state index in [2.05, 4.69) is 0 Å². The maximum absolute atomic E-state index is 12.6. The predicted octanol–water partition coefficient (Wildman–Crippen LogP) is 1.29. The number of thiocarbonyl (C=S) groups is 1. The lowest BCUT2D eigenvalue weighted by Gasteiger charge is -2.21. The molecule has 20 heavy (non-hydrogen) atoms. The van der Waals surface area contributed by atoms with E-state index in [0.717, 1.165) is 0 Å². The third kappa shape index (κ3) is 3.76. The van der Waals surface area contributed by atoms with Gasteiger partial charge in [0.2, 0.25) is 10.0 Å². The Bertz CT molecular complexity index is 585. The van der Waals surface area contributed by atoms with Crippen LogP contribution in [0.1, 0.15) is 18.1 Å². The van der Waals surface area contributed by atoms with Crippen molar-refractivity contribution in [2.75, 3.05) is 26.8 Å². The number of nitrogens with two attached hydrogens (primary N) is 1. The van der Waals surface area contributed by atoms with Crippen LogP contribution in [0.3, 0.4) is 0 Å². The summed E-state index contributed by atoms with van der Waals surface area (Å²) in [6, 6.07) is 4.88. The molecule has 0 heterocycles. The van der Waals surface area contributed by atoms with E-state index in [-0.39, 0.29) is 9.88 Å². The summed E-state index contributed by atoms with van der Waals surface area (Å²) < 4.78 is 31.5. The molecule has 7 heteroatoms. The molecule has 5 nitrogen and oxygen atoms in total. The monoisotopic (exact) mass is 316 g/mol. The van der Waals surface area contributed by atoms with Gasteiger partial charge in [0.1, 0.15) is 4.99 Å². The van der Waals surface area contributed by atoms with Crippen LogP contribution in [0.15, 0.2) is 23.1 Å². The minimum absolute atomic E-state index is 0.253. The van der Waals surface area contributed by atoms with Gasteiger partial charge in [-0.1, -0.05) is 25.2 Å². The van der Waals surface area contributed by atoms with Crippen molar-refractivity contribution in [2.45, 2.75) is 18.7 Å². The summed E-state index contributed by atoms with van der Waals surface area (Å²) in [4.78, 5) is 0.527. The van der Waals surface area contributed by atoms with Crippen LogP contribution in [-0.2, 0) is 14.8 Å². The molecule has 0 saturated carbocycles. The first kappa shape index (κ1) is 17.0. The number of nitrogens with zero attached hydrogens (tertiary/aromatic N) is 1. The van der Waals surface area contributed by atoms with Gasteiger partial charge in [-0.25, -0.2) is 8.42 Å². The second-order valence-electron chi connectivity index (χ2n) is 4.33. The zero-order valence-electron chi connectivity index (χ0n) is 11.9. The molecule has 1 aromatic rings. The quantitative estimate of drug-likeness (QED) is 0.767. The van der Waals surface area contributed by atoms with Gasteiger partial charge in [0, 0.05) is 25.8 Å². The maximum atomic E-state index is 12.6. The summed E-state index contributed by atoms with van der Waals surface area (Å²) >= 11 is 4.89. The van der Waals surface area contributed by atoms with Crippen LogP contribution in [-0.4, -0.2) is 44.5 Å². The van der Waals surface area contributed by atoms with Crippen LogP contribution < -0.4 is 5.73 Å². The van der Waals surface area contributed by atoms with Crippen LogP contribution in [0.2, 0.25) is 0 Å². The third-order valence-electron chi connectivity index (χ3n) is 2.97. The molecule has 0 unspecified atom stereocenters. The average Bonchev–Trinajstić information content (AvgIpc) is 2.38. The average molecular weight is 316 g/mol. The fraction of sp³-hybridized carbons (Fsp3) is 0.462. The Labute approximate surface area is 125 Å². The zero-order valence-corrected chi connectivity index (χ0v) is 13.6. The van der Waals surface area contributed by atoms with E-state index in [0.29, 0.717) is 30.8 Å². The largest absolute Gasteiger partial charge is 0.389 e. The first-order valence-corrected chi connectivity index (χ1v) is 8.09. The molecule has 0 fully saturated rings. The number of aryl methyl sites for hydroxylation is 1. The summed E-state index contributed by atoms with van der Waals surface area (Å²) in [7, 11) is -1.98. The number of hydrogen-bond acceptors (Lipinski definition) is 4. The summed E-state index contributed by atoms with van der Waals surface area (Å²) in [6.45, 7) is 4.61. The third-order valence-corrected chi connectivity index (χ3v) is 5.34. The van der Waals surface area contributed by atoms with E-state index in [1.807, 2.05) is 0 Å². The highest BCUT2D eigenvalue weighted by molar-refractivity contribution is 7.89. The lowest BCUT2D eigenvalue weighted by molar-refractivity contribution is 0.180. The predicted molar refractivity (Wildman–Crippen MR) is 83.4 cm³/mol. The Balaban J connectivity index is 3.17. The van der Waals surface area contributed by atoms with E-state index in [9.17, 15) is 8.42 Å². The molecule has 0 saturated heterocycles. The molecule has 0 aromatic heterocycles. The smallest absolute Gasteiger partial charge is 0.243 e. The van der Waals surface area contributed by atoms with Crippen molar-refractivity contribution in [3.63, 3.8) is 0 Å². The molecule has 0 spiro atoms. The molecule has 1 rings (SSSR count). The van der Waals surface area contributed by atoms with Gasteiger partial charge in [-0.05, 0) is 24.6 Å². The zero-order chi connectivity index (χ0) is 15.3. The second-order valence-corrected chi connectivity index (χ2v) is 6.68. The van der Waals surface area contributed by atoms with Crippen molar-refractivity contribution >= 4 is 27.2 Å². The summed E-state index contributed by atoms with van der Waals surface area (Å²) in [6.07, 6.45) is 0. The number of likely N-dealkylation sites (N-methyl/N-ethyl adjacent to an activating group) is 1. The van der Waals surface area contributed by atoms with Crippen LogP contribution in [0.25, 0.3) is 0 Å². The fourth-order valence-corrected chi connectivity index (χ4v) is 3.64. The number of ether oxygens (including phenoxy) is 1. The summed E-state index contributed by atoms with van der Waals surface area (Å²) in [5.74, 6) is 0. The first-order valence-electron chi connectivity index (χ1n) is 6.24. The Hall–Kier alpha value is -1.02.